The summed E-state index contributed by atoms with van der Waals surface area (Å²) in [5.74, 6) is -2.50. The minimum atomic E-state index is -1.20. The summed E-state index contributed by atoms with van der Waals surface area (Å²) < 4.78 is 6.91. The van der Waals surface area contributed by atoms with Crippen LogP contribution in [-0.4, -0.2) is 80.5 Å². The molecule has 0 aliphatic carbocycles. The molecule has 3 heterocycles. The van der Waals surface area contributed by atoms with Crippen molar-refractivity contribution in [3.05, 3.63) is 97.1 Å². The van der Waals surface area contributed by atoms with Crippen molar-refractivity contribution in [3.63, 3.8) is 0 Å². The van der Waals surface area contributed by atoms with Crippen LogP contribution >= 0.6 is 0 Å². The van der Waals surface area contributed by atoms with Gasteiger partial charge in [0.25, 0.3) is 0 Å². The van der Waals surface area contributed by atoms with E-state index in [0.717, 1.165) is 11.1 Å². The van der Waals surface area contributed by atoms with Gasteiger partial charge in [0, 0.05) is 26.2 Å². The lowest BCUT2D eigenvalue weighted by atomic mass is 9.62. The molecule has 0 saturated carbocycles. The monoisotopic (exact) mass is 585 g/mol. The highest BCUT2D eigenvalue weighted by Crippen LogP contribution is 2.65. The van der Waals surface area contributed by atoms with Crippen molar-refractivity contribution in [3.8, 4) is 0 Å². The van der Waals surface area contributed by atoms with E-state index in [4.69, 9.17) is 4.74 Å². The van der Waals surface area contributed by atoms with E-state index in [2.05, 4.69) is 13.2 Å². The first-order chi connectivity index (χ1) is 20.6. The molecule has 0 aromatic heterocycles. The Balaban J connectivity index is 1.56. The van der Waals surface area contributed by atoms with Gasteiger partial charge in [-0.2, -0.15) is 0 Å². The zero-order chi connectivity index (χ0) is 30.9. The number of aliphatic hydroxyl groups excluding tert-OH is 1. The number of aliphatic hydroxyl groups is 1. The van der Waals surface area contributed by atoms with E-state index in [1.54, 1.807) is 28.9 Å². The summed E-state index contributed by atoms with van der Waals surface area (Å²) in [5.41, 5.74) is -0.223. The fraction of sp³-hybridized carbons (Fsp3) is 0.457. The molecule has 8 heteroatoms. The van der Waals surface area contributed by atoms with E-state index >= 15 is 0 Å². The molecule has 8 nitrogen and oxygen atoms in total. The number of carbonyl (C=O) groups is 3. The Labute approximate surface area is 254 Å². The van der Waals surface area contributed by atoms with Gasteiger partial charge in [0.05, 0.1) is 30.1 Å². The third-order valence-corrected chi connectivity index (χ3v) is 9.75. The molecule has 5 rings (SSSR count). The zero-order valence-corrected chi connectivity index (χ0v) is 25.4. The summed E-state index contributed by atoms with van der Waals surface area (Å²) in [5, 5.41) is 10.3. The maximum atomic E-state index is 14.6. The molecule has 3 unspecified atom stereocenters. The molecule has 43 heavy (non-hydrogen) atoms. The van der Waals surface area contributed by atoms with Crippen LogP contribution in [-0.2, 0) is 32.2 Å². The molecule has 1 N–H and O–H groups in total. The number of carbonyl (C=O) groups excluding carboxylic acids is 3. The van der Waals surface area contributed by atoms with E-state index in [0.29, 0.717) is 26.1 Å². The molecule has 3 saturated heterocycles. The average molecular weight is 586 g/mol. The molecule has 3 aliphatic rings. The number of rotatable bonds is 12. The van der Waals surface area contributed by atoms with E-state index in [1.807, 2.05) is 74.5 Å². The number of benzene rings is 2. The Bertz CT molecular complexity index is 1370. The highest BCUT2D eigenvalue weighted by atomic mass is 16.5. The van der Waals surface area contributed by atoms with Gasteiger partial charge in [0.1, 0.15) is 11.6 Å². The Morgan fingerprint density at radius 2 is 1.51 bits per heavy atom. The fourth-order valence-corrected chi connectivity index (χ4v) is 7.65. The van der Waals surface area contributed by atoms with Crippen molar-refractivity contribution in [2.45, 2.75) is 63.6 Å². The SMILES string of the molecule is C=CCN(Cc1ccccc1)C(=O)C1N([C@H](C)CO)C(=O)[C@@H]2[C@H](C(=O)N(CC=C)Cc3ccccc3)[C@@]3(C)OC12CC3C. The number of amides is 3. The lowest BCUT2D eigenvalue weighted by Gasteiger charge is -2.39. The first kappa shape index (κ1) is 30.7. The molecule has 1 spiro atoms. The standard InChI is InChI=1S/C35H43N3O5/c1-6-18-36(21-26-14-10-8-11-15-26)31(40)28-29-32(41)38(25(4)23-39)30(35(29)20-24(3)34(28,5)43-35)33(42)37(19-7-2)22-27-16-12-9-13-17-27/h6-17,24-25,28-30,39H,1-2,18-23H2,3-5H3/t24?,25-,28-,29+,30?,34+,35?/m1/s1. The molecule has 0 radical (unpaired) electrons. The topological polar surface area (TPSA) is 90.4 Å². The Morgan fingerprint density at radius 3 is 2.00 bits per heavy atom. The Hall–Kier alpha value is -3.75. The van der Waals surface area contributed by atoms with Crippen molar-refractivity contribution in [1.82, 2.24) is 14.7 Å². The molecule has 2 bridgehead atoms. The number of hydrogen-bond acceptors (Lipinski definition) is 5. The van der Waals surface area contributed by atoms with Crippen molar-refractivity contribution in [2.75, 3.05) is 19.7 Å². The molecule has 3 amide bonds. The van der Waals surface area contributed by atoms with Crippen molar-refractivity contribution in [1.29, 1.82) is 0 Å². The Kier molecular flexibility index (Phi) is 8.63. The first-order valence-corrected chi connectivity index (χ1v) is 15.1. The lowest BCUT2D eigenvalue weighted by molar-refractivity contribution is -0.157. The van der Waals surface area contributed by atoms with Gasteiger partial charge in [0.15, 0.2) is 0 Å². The number of fused-ring (bicyclic) bond motifs is 1. The maximum Gasteiger partial charge on any atom is 0.249 e. The molecular weight excluding hydrogens is 542 g/mol. The molecule has 3 fully saturated rings. The lowest BCUT2D eigenvalue weighted by Crippen LogP contribution is -2.58. The van der Waals surface area contributed by atoms with E-state index in [9.17, 15) is 19.5 Å². The fourth-order valence-electron chi connectivity index (χ4n) is 7.65. The third kappa shape index (κ3) is 5.10. The maximum absolute atomic E-state index is 14.6. The largest absolute Gasteiger partial charge is 0.394 e. The summed E-state index contributed by atoms with van der Waals surface area (Å²) in [6, 6.07) is 17.8. The van der Waals surface area contributed by atoms with Crippen LogP contribution in [0, 0.1) is 17.8 Å². The summed E-state index contributed by atoms with van der Waals surface area (Å²) in [6.45, 7) is 14.4. The van der Waals surface area contributed by atoms with Crippen LogP contribution in [0.4, 0.5) is 0 Å². The van der Waals surface area contributed by atoms with Crippen LogP contribution in [0.15, 0.2) is 86.0 Å². The highest BCUT2D eigenvalue weighted by molar-refractivity contribution is 5.99. The minimum absolute atomic E-state index is 0.0885. The molecular formula is C35H43N3O5. The predicted molar refractivity (Wildman–Crippen MR) is 164 cm³/mol. The van der Waals surface area contributed by atoms with Crippen LogP contribution < -0.4 is 0 Å². The minimum Gasteiger partial charge on any atom is -0.394 e. The summed E-state index contributed by atoms with van der Waals surface area (Å²) >= 11 is 0. The van der Waals surface area contributed by atoms with Crippen molar-refractivity contribution >= 4 is 17.7 Å². The quantitative estimate of drug-likeness (QED) is 0.383. The molecule has 2 aromatic carbocycles. The van der Waals surface area contributed by atoms with Crippen LogP contribution in [0.2, 0.25) is 0 Å². The summed E-state index contributed by atoms with van der Waals surface area (Å²) in [7, 11) is 0. The van der Waals surface area contributed by atoms with Gasteiger partial charge in [-0.25, -0.2) is 0 Å². The van der Waals surface area contributed by atoms with Crippen LogP contribution in [0.5, 0.6) is 0 Å². The molecule has 3 aliphatic heterocycles. The van der Waals surface area contributed by atoms with E-state index in [-0.39, 0.29) is 36.8 Å². The van der Waals surface area contributed by atoms with Gasteiger partial charge in [-0.3, -0.25) is 14.4 Å². The second kappa shape index (κ2) is 12.1. The van der Waals surface area contributed by atoms with Crippen LogP contribution in [0.3, 0.4) is 0 Å². The van der Waals surface area contributed by atoms with Crippen molar-refractivity contribution < 1.29 is 24.2 Å². The van der Waals surface area contributed by atoms with Gasteiger partial charge in [-0.15, -0.1) is 13.2 Å². The van der Waals surface area contributed by atoms with E-state index in [1.165, 1.54) is 4.90 Å². The third-order valence-electron chi connectivity index (χ3n) is 9.75. The van der Waals surface area contributed by atoms with Crippen LogP contribution in [0.25, 0.3) is 0 Å². The number of nitrogens with zero attached hydrogens (tertiary/aromatic N) is 3. The zero-order valence-electron chi connectivity index (χ0n) is 25.4. The van der Waals surface area contributed by atoms with Gasteiger partial charge >= 0.3 is 0 Å². The molecule has 228 valence electrons. The summed E-state index contributed by atoms with van der Waals surface area (Å²) in [6.07, 6.45) is 3.82. The van der Waals surface area contributed by atoms with Gasteiger partial charge in [0.2, 0.25) is 17.7 Å². The highest BCUT2D eigenvalue weighted by Gasteiger charge is 2.80. The molecule has 7 atom stereocenters. The normalized spacial score (nSPS) is 29.7. The van der Waals surface area contributed by atoms with Crippen molar-refractivity contribution in [2.24, 2.45) is 17.8 Å². The second-order valence-electron chi connectivity index (χ2n) is 12.5. The second-order valence-corrected chi connectivity index (χ2v) is 12.5. The predicted octanol–water partition coefficient (Wildman–Crippen LogP) is 3.81. The van der Waals surface area contributed by atoms with Gasteiger partial charge in [-0.1, -0.05) is 79.7 Å². The molecule has 2 aromatic rings. The number of hydrogen-bond donors (Lipinski definition) is 1. The van der Waals surface area contributed by atoms with Gasteiger partial charge in [-0.05, 0) is 37.3 Å². The average Bonchev–Trinajstić information content (AvgIpc) is 3.53. The summed E-state index contributed by atoms with van der Waals surface area (Å²) in [4.78, 5) is 48.6. The number of ether oxygens (including phenoxy) is 1. The Morgan fingerprint density at radius 1 is 1.00 bits per heavy atom. The van der Waals surface area contributed by atoms with E-state index < -0.39 is 35.1 Å². The van der Waals surface area contributed by atoms with Crippen LogP contribution in [0.1, 0.15) is 38.3 Å². The van der Waals surface area contributed by atoms with Gasteiger partial charge < -0.3 is 24.5 Å². The smallest absolute Gasteiger partial charge is 0.249 e. The number of likely N-dealkylation sites (tertiary alicyclic amines) is 1. The first-order valence-electron chi connectivity index (χ1n) is 15.1.